The molecular weight excluding hydrogens is 270 g/mol. The molecule has 1 fully saturated rings. The van der Waals surface area contributed by atoms with Crippen LogP contribution in [0.2, 0.25) is 0 Å². The number of Topliss-reactive ketones (excluding diaryl/α,β-unsaturated/α-hetero) is 2. The predicted molar refractivity (Wildman–Crippen MR) is 78.0 cm³/mol. The highest BCUT2D eigenvalue weighted by Gasteiger charge is 2.22. The molecule has 0 radical (unpaired) electrons. The maximum absolute atomic E-state index is 11.7. The maximum atomic E-state index is 11.7. The third-order valence-electron chi connectivity index (χ3n) is 3.19. The fourth-order valence-corrected chi connectivity index (χ4v) is 2.07. The zero-order chi connectivity index (χ0) is 15.2. The second kappa shape index (κ2) is 6.83. The molecule has 0 aliphatic heterocycles. The van der Waals surface area contributed by atoms with Crippen LogP contribution in [0.4, 0.5) is 5.69 Å². The van der Waals surface area contributed by atoms with Gasteiger partial charge in [0.05, 0.1) is 17.7 Å². The second-order valence-corrected chi connectivity index (χ2v) is 4.70. The normalized spacial score (nSPS) is 14.8. The Morgan fingerprint density at radius 3 is 2.38 bits per heavy atom. The Morgan fingerprint density at radius 2 is 1.81 bits per heavy atom. The number of hydrogen-bond acceptors (Lipinski definition) is 5. The first-order valence-corrected chi connectivity index (χ1v) is 6.92. The van der Waals surface area contributed by atoms with Gasteiger partial charge in [0.25, 0.3) is 0 Å². The number of hydrogen-bond donors (Lipinski definition) is 1. The summed E-state index contributed by atoms with van der Waals surface area (Å²) in [5.74, 6) is -0.621. The van der Waals surface area contributed by atoms with Gasteiger partial charge < -0.3 is 10.1 Å². The van der Waals surface area contributed by atoms with Crippen molar-refractivity contribution < 1.29 is 19.1 Å². The van der Waals surface area contributed by atoms with E-state index in [0.717, 1.165) is 0 Å². The van der Waals surface area contributed by atoms with Crippen LogP contribution >= 0.6 is 0 Å². The summed E-state index contributed by atoms with van der Waals surface area (Å²) >= 11 is 0. The molecule has 5 heteroatoms. The second-order valence-electron chi connectivity index (χ2n) is 4.70. The number of carbonyl (C=O) groups excluding carboxylic acids is 3. The number of benzene rings is 1. The lowest BCUT2D eigenvalue weighted by molar-refractivity contribution is -0.123. The Kier molecular flexibility index (Phi) is 4.87. The molecule has 1 aromatic carbocycles. The average Bonchev–Trinajstić information content (AvgIpc) is 2.47. The standard InChI is InChI=1S/C16H17NO4/c1-2-21-16(20)11-6-8-12(9-7-11)17-10-13-14(18)4-3-5-15(13)19/h6-10,17H,2-5H2,1H3. The highest BCUT2D eigenvalue weighted by Crippen LogP contribution is 2.17. The number of ether oxygens (including phenoxy) is 1. The van der Waals surface area contributed by atoms with E-state index in [4.69, 9.17) is 4.74 Å². The average molecular weight is 287 g/mol. The van der Waals surface area contributed by atoms with Crippen molar-refractivity contribution in [2.75, 3.05) is 11.9 Å². The van der Waals surface area contributed by atoms with Crippen LogP contribution in [0.1, 0.15) is 36.5 Å². The highest BCUT2D eigenvalue weighted by molar-refractivity contribution is 6.21. The number of allylic oxidation sites excluding steroid dienone is 1. The minimum Gasteiger partial charge on any atom is -0.462 e. The molecule has 0 bridgehead atoms. The van der Waals surface area contributed by atoms with Crippen LogP contribution in [0.5, 0.6) is 0 Å². The Morgan fingerprint density at radius 1 is 1.19 bits per heavy atom. The Bertz CT molecular complexity index is 569. The first-order valence-electron chi connectivity index (χ1n) is 6.92. The van der Waals surface area contributed by atoms with E-state index in [0.29, 0.717) is 37.1 Å². The van der Waals surface area contributed by atoms with Crippen molar-refractivity contribution >= 4 is 23.2 Å². The molecule has 0 unspecified atom stereocenters. The van der Waals surface area contributed by atoms with Gasteiger partial charge >= 0.3 is 5.97 Å². The van der Waals surface area contributed by atoms with Gasteiger partial charge in [0, 0.05) is 24.7 Å². The van der Waals surface area contributed by atoms with Crippen molar-refractivity contribution in [3.63, 3.8) is 0 Å². The van der Waals surface area contributed by atoms with E-state index < -0.39 is 0 Å². The van der Waals surface area contributed by atoms with Crippen LogP contribution in [-0.4, -0.2) is 24.1 Å². The monoisotopic (exact) mass is 287 g/mol. The summed E-state index contributed by atoms with van der Waals surface area (Å²) in [7, 11) is 0. The van der Waals surface area contributed by atoms with Crippen molar-refractivity contribution in [3.05, 3.63) is 41.6 Å². The van der Waals surface area contributed by atoms with Crippen molar-refractivity contribution in [2.24, 2.45) is 0 Å². The summed E-state index contributed by atoms with van der Waals surface area (Å²) in [6.07, 6.45) is 2.91. The zero-order valence-corrected chi connectivity index (χ0v) is 11.8. The van der Waals surface area contributed by atoms with E-state index in [1.54, 1.807) is 31.2 Å². The molecule has 1 aliphatic rings. The van der Waals surface area contributed by atoms with Gasteiger partial charge in [-0.25, -0.2) is 4.79 Å². The predicted octanol–water partition coefficient (Wildman–Crippen LogP) is 2.48. The molecule has 1 aromatic rings. The van der Waals surface area contributed by atoms with E-state index in [1.165, 1.54) is 6.20 Å². The van der Waals surface area contributed by atoms with Gasteiger partial charge in [0.1, 0.15) is 0 Å². The van der Waals surface area contributed by atoms with Crippen LogP contribution in [0.15, 0.2) is 36.0 Å². The first-order chi connectivity index (χ1) is 10.1. The van der Waals surface area contributed by atoms with Crippen LogP contribution in [0.3, 0.4) is 0 Å². The van der Waals surface area contributed by atoms with E-state index in [9.17, 15) is 14.4 Å². The number of rotatable bonds is 4. The van der Waals surface area contributed by atoms with Crippen molar-refractivity contribution in [2.45, 2.75) is 26.2 Å². The summed E-state index contributed by atoms with van der Waals surface area (Å²) in [6.45, 7) is 2.08. The van der Waals surface area contributed by atoms with Gasteiger partial charge in [-0.2, -0.15) is 0 Å². The zero-order valence-electron chi connectivity index (χ0n) is 11.8. The minimum absolute atomic E-state index is 0.123. The molecule has 21 heavy (non-hydrogen) atoms. The van der Waals surface area contributed by atoms with Crippen molar-refractivity contribution in [3.8, 4) is 0 Å². The Hall–Kier alpha value is -2.43. The Labute approximate surface area is 123 Å². The number of carbonyl (C=O) groups is 3. The molecule has 5 nitrogen and oxygen atoms in total. The van der Waals surface area contributed by atoms with Crippen molar-refractivity contribution in [1.82, 2.24) is 0 Å². The van der Waals surface area contributed by atoms with E-state index >= 15 is 0 Å². The molecule has 0 spiro atoms. The lowest BCUT2D eigenvalue weighted by Gasteiger charge is -2.12. The molecule has 110 valence electrons. The number of ketones is 2. The lowest BCUT2D eigenvalue weighted by Crippen LogP contribution is -2.19. The summed E-state index contributed by atoms with van der Waals surface area (Å²) < 4.78 is 4.89. The quantitative estimate of drug-likeness (QED) is 0.523. The number of esters is 1. The van der Waals surface area contributed by atoms with Crippen LogP contribution in [-0.2, 0) is 14.3 Å². The van der Waals surface area contributed by atoms with Gasteiger partial charge in [-0.05, 0) is 37.6 Å². The molecule has 0 saturated heterocycles. The van der Waals surface area contributed by atoms with Gasteiger partial charge in [0.2, 0.25) is 0 Å². The van der Waals surface area contributed by atoms with Gasteiger partial charge in [-0.15, -0.1) is 0 Å². The number of anilines is 1. The summed E-state index contributed by atoms with van der Waals surface area (Å²) in [5.41, 5.74) is 1.37. The Balaban J connectivity index is 2.05. The summed E-state index contributed by atoms with van der Waals surface area (Å²) in [6, 6.07) is 6.65. The lowest BCUT2D eigenvalue weighted by atomic mass is 9.93. The smallest absolute Gasteiger partial charge is 0.338 e. The molecule has 2 rings (SSSR count). The summed E-state index contributed by atoms with van der Waals surface area (Å²) in [5, 5.41) is 2.92. The van der Waals surface area contributed by atoms with Crippen molar-refractivity contribution in [1.29, 1.82) is 0 Å². The molecule has 0 heterocycles. The molecular formula is C16H17NO4. The number of nitrogens with one attached hydrogen (secondary N) is 1. The third-order valence-corrected chi connectivity index (χ3v) is 3.19. The topological polar surface area (TPSA) is 72.5 Å². The largest absolute Gasteiger partial charge is 0.462 e. The van der Waals surface area contributed by atoms with Gasteiger partial charge in [0.15, 0.2) is 11.6 Å². The highest BCUT2D eigenvalue weighted by atomic mass is 16.5. The van der Waals surface area contributed by atoms with Crippen LogP contribution in [0, 0.1) is 0 Å². The van der Waals surface area contributed by atoms with E-state index in [2.05, 4.69) is 5.32 Å². The molecule has 1 aliphatic carbocycles. The molecule has 0 amide bonds. The molecule has 0 atom stereocenters. The fraction of sp³-hybridized carbons (Fsp3) is 0.312. The first kappa shape index (κ1) is 15.0. The van der Waals surface area contributed by atoms with Crippen LogP contribution in [0.25, 0.3) is 0 Å². The summed E-state index contributed by atoms with van der Waals surface area (Å²) in [4.78, 5) is 34.8. The molecule has 1 N–H and O–H groups in total. The SMILES string of the molecule is CCOC(=O)c1ccc(NC=C2C(=O)CCCC2=O)cc1. The third kappa shape index (κ3) is 3.78. The van der Waals surface area contributed by atoms with Crippen LogP contribution < -0.4 is 5.32 Å². The van der Waals surface area contributed by atoms with Gasteiger partial charge in [-0.3, -0.25) is 9.59 Å². The van der Waals surface area contributed by atoms with Gasteiger partial charge in [-0.1, -0.05) is 0 Å². The molecule has 0 aromatic heterocycles. The van der Waals surface area contributed by atoms with E-state index in [1.807, 2.05) is 0 Å². The minimum atomic E-state index is -0.375. The molecule has 1 saturated carbocycles. The fourth-order valence-electron chi connectivity index (χ4n) is 2.07. The maximum Gasteiger partial charge on any atom is 0.338 e. The van der Waals surface area contributed by atoms with E-state index in [-0.39, 0.29) is 23.1 Å².